The average molecular weight is 460 g/mol. The van der Waals surface area contributed by atoms with Crippen LogP contribution in [0.25, 0.3) is 0 Å². The fourth-order valence-electron chi connectivity index (χ4n) is 5.26. The first-order valence-corrected chi connectivity index (χ1v) is 13.9. The van der Waals surface area contributed by atoms with Gasteiger partial charge in [-0.3, -0.25) is 0 Å². The molecule has 2 nitrogen and oxygen atoms in total. The zero-order valence-corrected chi connectivity index (χ0v) is 22.0. The van der Waals surface area contributed by atoms with Crippen LogP contribution in [0.2, 0.25) is 0 Å². The van der Waals surface area contributed by atoms with Crippen LogP contribution in [0.4, 0.5) is 0 Å². The Morgan fingerprint density at radius 3 is 2.15 bits per heavy atom. The molecule has 0 aliphatic rings. The lowest BCUT2D eigenvalue weighted by Crippen LogP contribution is -2.37. The van der Waals surface area contributed by atoms with E-state index in [2.05, 4.69) is 103 Å². The van der Waals surface area contributed by atoms with Gasteiger partial charge in [-0.15, -0.1) is 0 Å². The van der Waals surface area contributed by atoms with Crippen LogP contribution in [-0.2, 0) is 19.4 Å². The Morgan fingerprint density at radius 2 is 1.44 bits per heavy atom. The van der Waals surface area contributed by atoms with E-state index in [-0.39, 0.29) is 0 Å². The van der Waals surface area contributed by atoms with E-state index in [4.69, 9.17) is 0 Å². The first-order chi connectivity index (χ1) is 16.7. The van der Waals surface area contributed by atoms with Gasteiger partial charge in [-0.05, 0) is 56.1 Å². The van der Waals surface area contributed by atoms with E-state index in [0.29, 0.717) is 12.0 Å². The summed E-state index contributed by atoms with van der Waals surface area (Å²) in [5.41, 5.74) is 2.90. The monoisotopic (exact) mass is 459 g/mol. The predicted octanol–water partition coefficient (Wildman–Crippen LogP) is 8.46. The molecule has 2 atom stereocenters. The fraction of sp³-hybridized carbons (Fsp3) is 0.531. The van der Waals surface area contributed by atoms with Crippen LogP contribution in [0.15, 0.2) is 73.1 Å². The summed E-state index contributed by atoms with van der Waals surface area (Å²) in [5, 5.41) is 0. The molecule has 2 unspecified atom stereocenters. The number of hydrogen-bond acceptors (Lipinski definition) is 0. The highest BCUT2D eigenvalue weighted by atomic mass is 15.2. The van der Waals surface area contributed by atoms with Gasteiger partial charge in [-0.25, -0.2) is 9.13 Å². The van der Waals surface area contributed by atoms with E-state index in [1.54, 1.807) is 0 Å². The predicted molar refractivity (Wildman–Crippen MR) is 145 cm³/mol. The molecule has 0 spiro atoms. The second kappa shape index (κ2) is 14.8. The molecule has 2 aromatic carbocycles. The van der Waals surface area contributed by atoms with Gasteiger partial charge in [-0.1, -0.05) is 107 Å². The number of rotatable bonds is 16. The summed E-state index contributed by atoms with van der Waals surface area (Å²) in [6.45, 7) is 8.12. The Kier molecular flexibility index (Phi) is 11.4. The first kappa shape index (κ1) is 26.3. The molecular formula is C32H47N2+. The Hall–Kier alpha value is -2.35. The van der Waals surface area contributed by atoms with Crippen LogP contribution < -0.4 is 4.57 Å². The number of aromatic nitrogens is 2. The van der Waals surface area contributed by atoms with Crippen LogP contribution >= 0.6 is 0 Å². The minimum Gasteiger partial charge on any atom is -0.234 e. The smallest absolute Gasteiger partial charge is 0.234 e. The minimum absolute atomic E-state index is 0.538. The SMILES string of the molecule is CCCCCCCCC(C)n1cc[n+](CCC)c1CCC(Cc1ccccc1)c1ccccc1. The van der Waals surface area contributed by atoms with Crippen molar-refractivity contribution in [1.82, 2.24) is 4.57 Å². The molecule has 0 saturated heterocycles. The summed E-state index contributed by atoms with van der Waals surface area (Å²) in [6, 6.07) is 22.7. The van der Waals surface area contributed by atoms with Crippen molar-refractivity contribution < 1.29 is 4.57 Å². The summed E-state index contributed by atoms with van der Waals surface area (Å²) in [6.07, 6.45) is 18.8. The van der Waals surface area contributed by atoms with Gasteiger partial charge < -0.3 is 0 Å². The van der Waals surface area contributed by atoms with Gasteiger partial charge in [0, 0.05) is 6.42 Å². The van der Waals surface area contributed by atoms with Crippen LogP contribution in [-0.4, -0.2) is 4.57 Å². The molecule has 3 rings (SSSR count). The van der Waals surface area contributed by atoms with Crippen molar-refractivity contribution in [3.8, 4) is 0 Å². The molecular weight excluding hydrogens is 412 g/mol. The van der Waals surface area contributed by atoms with E-state index in [1.807, 2.05) is 0 Å². The molecule has 0 N–H and O–H groups in total. The molecule has 184 valence electrons. The average Bonchev–Trinajstić information content (AvgIpc) is 3.27. The molecule has 34 heavy (non-hydrogen) atoms. The number of aryl methyl sites for hydroxylation is 1. The van der Waals surface area contributed by atoms with Crippen molar-refractivity contribution in [2.24, 2.45) is 0 Å². The standard InChI is InChI=1S/C32H47N2/c1-4-6-7-8-9-12-17-28(3)34-26-25-33(24-5-2)32(34)23-22-31(30-20-15-11-16-21-30)27-29-18-13-10-14-19-29/h10-11,13-16,18-21,25-26,28,31H,4-9,12,17,22-24,27H2,1-3H3/q+1. The molecule has 1 heterocycles. The number of unbranched alkanes of at least 4 members (excludes halogenated alkanes) is 5. The van der Waals surface area contributed by atoms with Crippen molar-refractivity contribution in [3.63, 3.8) is 0 Å². The molecule has 3 aromatic rings. The van der Waals surface area contributed by atoms with Gasteiger partial charge in [0.05, 0.1) is 12.6 Å². The van der Waals surface area contributed by atoms with Crippen LogP contribution in [0.3, 0.4) is 0 Å². The molecule has 0 amide bonds. The first-order valence-electron chi connectivity index (χ1n) is 13.9. The summed E-state index contributed by atoms with van der Waals surface area (Å²) in [7, 11) is 0. The Balaban J connectivity index is 1.69. The van der Waals surface area contributed by atoms with E-state index in [9.17, 15) is 0 Å². The molecule has 0 fully saturated rings. The molecule has 1 aromatic heterocycles. The van der Waals surface area contributed by atoms with Crippen LogP contribution in [0, 0.1) is 0 Å². The number of hydrogen-bond donors (Lipinski definition) is 0. The zero-order valence-electron chi connectivity index (χ0n) is 22.0. The molecule has 0 radical (unpaired) electrons. The lowest BCUT2D eigenvalue weighted by atomic mass is 9.88. The zero-order chi connectivity index (χ0) is 24.0. The van der Waals surface area contributed by atoms with Crippen LogP contribution in [0.1, 0.15) is 107 Å². The van der Waals surface area contributed by atoms with Gasteiger partial charge in [-0.2, -0.15) is 0 Å². The molecule has 0 aliphatic heterocycles. The van der Waals surface area contributed by atoms with Crippen molar-refractivity contribution in [2.75, 3.05) is 0 Å². The van der Waals surface area contributed by atoms with Gasteiger partial charge in [0.1, 0.15) is 12.4 Å². The summed E-state index contributed by atoms with van der Waals surface area (Å²) < 4.78 is 5.11. The maximum absolute atomic E-state index is 2.59. The third-order valence-corrected chi connectivity index (χ3v) is 7.26. The largest absolute Gasteiger partial charge is 0.256 e. The molecule has 0 saturated carbocycles. The van der Waals surface area contributed by atoms with E-state index in [0.717, 1.165) is 19.4 Å². The van der Waals surface area contributed by atoms with Crippen molar-refractivity contribution in [1.29, 1.82) is 0 Å². The second-order valence-electron chi connectivity index (χ2n) is 10.1. The lowest BCUT2D eigenvalue weighted by molar-refractivity contribution is -0.704. The Labute approximate surface area is 209 Å². The van der Waals surface area contributed by atoms with Crippen molar-refractivity contribution in [2.45, 2.75) is 110 Å². The third kappa shape index (κ3) is 8.15. The van der Waals surface area contributed by atoms with E-state index >= 15 is 0 Å². The maximum atomic E-state index is 2.59. The normalized spacial score (nSPS) is 13.1. The summed E-state index contributed by atoms with van der Waals surface area (Å²) in [5.74, 6) is 2.05. The highest BCUT2D eigenvalue weighted by molar-refractivity contribution is 5.24. The molecule has 0 bridgehead atoms. The number of nitrogens with zero attached hydrogens (tertiary/aromatic N) is 2. The van der Waals surface area contributed by atoms with Gasteiger partial charge in [0.25, 0.3) is 5.82 Å². The maximum Gasteiger partial charge on any atom is 0.256 e. The molecule has 0 aliphatic carbocycles. The quantitative estimate of drug-likeness (QED) is 0.150. The topological polar surface area (TPSA) is 8.81 Å². The van der Waals surface area contributed by atoms with Gasteiger partial charge in [0.15, 0.2) is 0 Å². The van der Waals surface area contributed by atoms with Crippen molar-refractivity contribution in [3.05, 3.63) is 90.0 Å². The van der Waals surface area contributed by atoms with Crippen LogP contribution in [0.5, 0.6) is 0 Å². The molecule has 2 heteroatoms. The minimum atomic E-state index is 0.538. The van der Waals surface area contributed by atoms with Crippen molar-refractivity contribution >= 4 is 0 Å². The number of imidazole rings is 1. The van der Waals surface area contributed by atoms with Gasteiger partial charge in [0.2, 0.25) is 0 Å². The lowest BCUT2D eigenvalue weighted by Gasteiger charge is -2.18. The second-order valence-corrected chi connectivity index (χ2v) is 10.1. The third-order valence-electron chi connectivity index (χ3n) is 7.26. The van der Waals surface area contributed by atoms with E-state index < -0.39 is 0 Å². The fourth-order valence-corrected chi connectivity index (χ4v) is 5.26. The number of benzene rings is 2. The summed E-state index contributed by atoms with van der Waals surface area (Å²) >= 11 is 0. The highest BCUT2D eigenvalue weighted by Crippen LogP contribution is 2.27. The Bertz CT molecular complexity index is 913. The van der Waals surface area contributed by atoms with Gasteiger partial charge >= 0.3 is 0 Å². The summed E-state index contributed by atoms with van der Waals surface area (Å²) in [4.78, 5) is 0. The highest BCUT2D eigenvalue weighted by Gasteiger charge is 2.23. The van der Waals surface area contributed by atoms with E-state index in [1.165, 1.54) is 74.7 Å². The Morgan fingerprint density at radius 1 is 0.765 bits per heavy atom.